The van der Waals surface area contributed by atoms with Gasteiger partial charge in [0.2, 0.25) is 18.3 Å². The number of H-pyrrole nitrogens is 2. The number of nitrogens with one attached hydrogen (secondary N) is 2. The highest BCUT2D eigenvalue weighted by Gasteiger charge is 2.48. The Bertz CT molecular complexity index is 1880. The van der Waals surface area contributed by atoms with E-state index in [0.717, 1.165) is 29.0 Å². The minimum atomic E-state index is -4.25. The van der Waals surface area contributed by atoms with Crippen LogP contribution in [0, 0.1) is 0 Å². The number of rotatable bonds is 8. The average Bonchev–Trinajstić information content (AvgIpc) is 3.69. The molecular formula is C20H21FN9O9PS2. The average molecular weight is 646 g/mol. The van der Waals surface area contributed by atoms with Gasteiger partial charge in [-0.05, 0) is 11.8 Å². The number of aromatic nitrogens is 8. The highest BCUT2D eigenvalue weighted by Crippen LogP contribution is 2.54. The molecule has 224 valence electrons. The van der Waals surface area contributed by atoms with Crippen LogP contribution in [-0.4, -0.2) is 96.1 Å². The number of fused-ring (bicyclic) bond motifs is 2. The van der Waals surface area contributed by atoms with Crippen LogP contribution in [-0.2, 0) is 25.6 Å². The third-order valence-corrected chi connectivity index (χ3v) is 9.62. The van der Waals surface area contributed by atoms with Crippen molar-refractivity contribution in [2.45, 2.75) is 35.2 Å². The van der Waals surface area contributed by atoms with Crippen molar-refractivity contribution in [3.05, 3.63) is 51.2 Å². The summed E-state index contributed by atoms with van der Waals surface area (Å²) in [6.45, 7) is -5.46. The van der Waals surface area contributed by atoms with Crippen LogP contribution < -0.4 is 16.9 Å². The molecule has 2 aliphatic rings. The van der Waals surface area contributed by atoms with Gasteiger partial charge in [-0.3, -0.25) is 28.2 Å². The number of thioether (sulfide) groups is 1. The van der Waals surface area contributed by atoms with Gasteiger partial charge in [0.05, 0.1) is 30.6 Å². The van der Waals surface area contributed by atoms with Crippen LogP contribution in [0.25, 0.3) is 22.3 Å². The van der Waals surface area contributed by atoms with Crippen molar-refractivity contribution in [1.29, 1.82) is 0 Å². The molecule has 0 aliphatic carbocycles. The first-order chi connectivity index (χ1) is 20.0. The number of ether oxygens (including phenoxy) is 1. The van der Waals surface area contributed by atoms with E-state index in [0.29, 0.717) is 0 Å². The molecule has 0 radical (unpaired) electrons. The van der Waals surface area contributed by atoms with Gasteiger partial charge in [0.15, 0.2) is 33.8 Å². The highest BCUT2D eigenvalue weighted by atomic mass is 32.5. The Kier molecular flexibility index (Phi) is 7.30. The van der Waals surface area contributed by atoms with Crippen LogP contribution in [0.1, 0.15) is 11.6 Å². The Morgan fingerprint density at radius 2 is 1.90 bits per heavy atom. The molecule has 8 N–H and O–H groups in total. The minimum Gasteiger partial charge on any atom is -0.506 e. The van der Waals surface area contributed by atoms with E-state index in [1.165, 1.54) is 10.9 Å². The lowest BCUT2D eigenvalue weighted by atomic mass is 10.1. The Balaban J connectivity index is 1.20. The largest absolute Gasteiger partial charge is 0.506 e. The normalized spacial score (nSPS) is 27.6. The number of nitrogen functional groups attached to an aromatic ring is 1. The zero-order valence-electron chi connectivity index (χ0n) is 20.8. The second-order valence-corrected chi connectivity index (χ2v) is 13.3. The molecule has 0 spiro atoms. The van der Waals surface area contributed by atoms with E-state index in [1.54, 1.807) is 0 Å². The fraction of sp³-hybridized carbons (Fsp3) is 0.400. The summed E-state index contributed by atoms with van der Waals surface area (Å²) in [5, 5.41) is 29.3. The Morgan fingerprint density at radius 1 is 1.19 bits per heavy atom. The van der Waals surface area contributed by atoms with Gasteiger partial charge in [-0.2, -0.15) is 4.98 Å². The molecular weight excluding hydrogens is 624 g/mol. The number of nitrogens with two attached hydrogens (primary N) is 1. The molecule has 6 heterocycles. The van der Waals surface area contributed by atoms with E-state index >= 15 is 4.39 Å². The van der Waals surface area contributed by atoms with E-state index in [-0.39, 0.29) is 28.3 Å². The van der Waals surface area contributed by atoms with Gasteiger partial charge in [-0.15, -0.1) is 11.8 Å². The molecule has 2 aliphatic heterocycles. The predicted octanol–water partition coefficient (Wildman–Crippen LogP) is -0.943. The summed E-state index contributed by atoms with van der Waals surface area (Å²) in [6.07, 6.45) is -2.82. The zero-order valence-corrected chi connectivity index (χ0v) is 23.4. The molecule has 1 fully saturated rings. The molecule has 22 heteroatoms. The number of nitrogens with zero attached hydrogens (tertiary/aromatic N) is 6. The first kappa shape index (κ1) is 28.7. The molecule has 0 saturated carbocycles. The number of imidazole rings is 2. The van der Waals surface area contributed by atoms with Crippen molar-refractivity contribution in [1.82, 2.24) is 39.0 Å². The summed E-state index contributed by atoms with van der Waals surface area (Å²) in [5.74, 6) is -1.46. The number of anilines is 1. The van der Waals surface area contributed by atoms with Gasteiger partial charge in [0.1, 0.15) is 24.4 Å². The van der Waals surface area contributed by atoms with Gasteiger partial charge in [-0.1, -0.05) is 0 Å². The third kappa shape index (κ3) is 4.86. The molecule has 1 unspecified atom stereocenters. The maximum absolute atomic E-state index is 15.0. The first-order valence-electron chi connectivity index (χ1n) is 11.9. The molecule has 7 atom stereocenters. The number of halogens is 1. The zero-order chi connectivity index (χ0) is 29.9. The highest BCUT2D eigenvalue weighted by molar-refractivity contribution is 8.07. The third-order valence-electron chi connectivity index (χ3n) is 6.53. The molecule has 42 heavy (non-hydrogen) atoms. The second kappa shape index (κ2) is 10.7. The number of alkyl halides is 1. The number of aliphatic hydroxyl groups excluding tert-OH is 3. The summed E-state index contributed by atoms with van der Waals surface area (Å²) in [7, 11) is 0. The van der Waals surface area contributed by atoms with Crippen molar-refractivity contribution in [3.63, 3.8) is 0 Å². The molecule has 1 saturated heterocycles. The fourth-order valence-electron chi connectivity index (χ4n) is 4.57. The van der Waals surface area contributed by atoms with Gasteiger partial charge >= 0.3 is 6.72 Å². The smallest absolute Gasteiger partial charge is 0.325 e. The van der Waals surface area contributed by atoms with E-state index in [9.17, 15) is 29.8 Å². The molecule has 4 aromatic heterocycles. The van der Waals surface area contributed by atoms with Gasteiger partial charge < -0.3 is 40.2 Å². The van der Waals surface area contributed by atoms with Crippen molar-refractivity contribution in [2.75, 3.05) is 18.9 Å². The number of aromatic amines is 2. The van der Waals surface area contributed by atoms with Crippen molar-refractivity contribution < 1.29 is 38.4 Å². The van der Waals surface area contributed by atoms with E-state index < -0.39 is 77.8 Å². The van der Waals surface area contributed by atoms with Crippen LogP contribution in [0.4, 0.5) is 10.3 Å². The van der Waals surface area contributed by atoms with Crippen LogP contribution in [0.5, 0.6) is 0 Å². The van der Waals surface area contributed by atoms with Gasteiger partial charge in [-0.25, -0.2) is 19.3 Å². The molecule has 4 aromatic rings. The summed E-state index contributed by atoms with van der Waals surface area (Å²) in [5.41, 5.74) is 4.43. The summed E-state index contributed by atoms with van der Waals surface area (Å²) < 4.78 is 34.0. The number of hydrogen-bond donors (Lipinski definition) is 7. The maximum atomic E-state index is 15.0. The summed E-state index contributed by atoms with van der Waals surface area (Å²) in [6, 6.07) is 0. The summed E-state index contributed by atoms with van der Waals surface area (Å²) in [4.78, 5) is 55.7. The quantitative estimate of drug-likeness (QED) is 0.114. The SMILES string of the molecule is Nc1nc2c(ncn2[C@@H]2S[C@H](CO)[C@@H](O)[C@H]2OP(O)(=S)OCC2=C(O)[C@H](F)[C@H](n3cnc4c(=O)[nH]cnc43)O2)c(=O)[nH]1. The van der Waals surface area contributed by atoms with Crippen molar-refractivity contribution >= 4 is 58.6 Å². The molecule has 0 bridgehead atoms. The Hall–Kier alpha value is -3.43. The van der Waals surface area contributed by atoms with Crippen molar-refractivity contribution in [3.8, 4) is 0 Å². The van der Waals surface area contributed by atoms with Crippen molar-refractivity contribution in [2.24, 2.45) is 0 Å². The van der Waals surface area contributed by atoms with E-state index in [2.05, 4.69) is 29.9 Å². The Morgan fingerprint density at radius 3 is 2.64 bits per heavy atom. The predicted molar refractivity (Wildman–Crippen MR) is 146 cm³/mol. The maximum Gasteiger partial charge on any atom is 0.325 e. The summed E-state index contributed by atoms with van der Waals surface area (Å²) >= 11 is 6.17. The second-order valence-electron chi connectivity index (χ2n) is 9.10. The number of aliphatic hydroxyl groups is 3. The molecule has 18 nitrogen and oxygen atoms in total. The monoisotopic (exact) mass is 645 g/mol. The molecule has 6 rings (SSSR count). The lowest BCUT2D eigenvalue weighted by Crippen LogP contribution is -2.35. The lowest BCUT2D eigenvalue weighted by molar-refractivity contribution is 0.00689. The van der Waals surface area contributed by atoms with E-state index in [1.807, 2.05) is 0 Å². The van der Waals surface area contributed by atoms with Crippen LogP contribution in [0.15, 0.2) is 40.1 Å². The van der Waals surface area contributed by atoms with Crippen LogP contribution in [0.2, 0.25) is 0 Å². The van der Waals surface area contributed by atoms with Crippen LogP contribution in [0.3, 0.4) is 0 Å². The molecule has 0 amide bonds. The first-order valence-corrected chi connectivity index (χ1v) is 15.5. The van der Waals surface area contributed by atoms with E-state index in [4.69, 9.17) is 31.3 Å². The lowest BCUT2D eigenvalue weighted by Gasteiger charge is -2.27. The fourth-order valence-corrected chi connectivity index (χ4v) is 7.41. The van der Waals surface area contributed by atoms with Gasteiger partial charge in [0.25, 0.3) is 11.1 Å². The minimum absolute atomic E-state index is 0.000520. The topological polar surface area (TPSA) is 262 Å². The number of hydrogen-bond acceptors (Lipinski definition) is 15. The van der Waals surface area contributed by atoms with Gasteiger partial charge in [0, 0.05) is 0 Å². The molecule has 0 aromatic carbocycles. The standard InChI is InChI=1S/C20H21FN9O9PS2/c21-8-11(32)6(38-18(8)29-4-25-9-14(29)23-3-24-16(9)34)2-37-40(36,41)39-13-12(33)7(1-31)42-19(13)30-5-26-10-15(30)27-20(22)28-17(10)35/h3-5,7-8,12-13,18-19,31-33H,1-2H2,(H,36,41)(H,23,24,34)(H3,22,27,28,35)/t7-,8+,12-,13-,18-,19-,40?/m1/s1. The van der Waals surface area contributed by atoms with Crippen LogP contribution >= 0.6 is 18.5 Å². The Labute approximate surface area is 241 Å².